The lowest BCUT2D eigenvalue weighted by molar-refractivity contribution is 0.445. The Morgan fingerprint density at radius 2 is 0.967 bits per heavy atom. The molecule has 0 heterocycles. The molecule has 2 aliphatic carbocycles. The van der Waals surface area contributed by atoms with E-state index in [9.17, 15) is 0 Å². The maximum Gasteiger partial charge on any atom is 0.0543 e. The van der Waals surface area contributed by atoms with Crippen LogP contribution in [0.25, 0.3) is 66.1 Å². The Hall–Kier alpha value is -6.70. The molecule has 0 saturated heterocycles. The largest absolute Gasteiger partial charge is 0.309 e. The van der Waals surface area contributed by atoms with Crippen LogP contribution in [-0.4, -0.2) is 0 Å². The standard InChI is InChI=1S/C59H49N/c1-59(2)53-28-10-8-24-52(53)58-54(59)29-15-31-56(58)60(46-38-36-41(37-39-46)40-32-34-44(35-33-40)48-25-12-19-42-18-6-7-22-47(42)48)55-30-11-9-23-50(55)51-27-14-21-45-20-13-26-49(57(45)51)43-16-4-3-5-17-43/h6-15,18-39,43H,3-5,16-17H2,1-2H3. The minimum Gasteiger partial charge on any atom is -0.309 e. The Labute approximate surface area is 354 Å². The van der Waals surface area contributed by atoms with Crippen molar-refractivity contribution in [3.05, 3.63) is 211 Å². The van der Waals surface area contributed by atoms with Crippen molar-refractivity contribution in [3.63, 3.8) is 0 Å². The monoisotopic (exact) mass is 771 g/mol. The van der Waals surface area contributed by atoms with Crippen LogP contribution in [0.1, 0.15) is 68.6 Å². The molecule has 9 aromatic rings. The van der Waals surface area contributed by atoms with Crippen LogP contribution in [0, 0.1) is 0 Å². The molecule has 0 aliphatic heterocycles. The van der Waals surface area contributed by atoms with Gasteiger partial charge in [-0.3, -0.25) is 0 Å². The summed E-state index contributed by atoms with van der Waals surface area (Å²) in [6, 6.07) is 72.6. The van der Waals surface area contributed by atoms with Gasteiger partial charge < -0.3 is 4.90 Å². The van der Waals surface area contributed by atoms with Crippen molar-refractivity contribution in [1.29, 1.82) is 0 Å². The van der Waals surface area contributed by atoms with Gasteiger partial charge in [0.15, 0.2) is 0 Å². The van der Waals surface area contributed by atoms with Crippen molar-refractivity contribution in [2.45, 2.75) is 57.3 Å². The normalized spacial score (nSPS) is 14.6. The van der Waals surface area contributed by atoms with E-state index in [1.54, 1.807) is 0 Å². The van der Waals surface area contributed by atoms with Gasteiger partial charge in [0.05, 0.1) is 11.4 Å². The summed E-state index contributed by atoms with van der Waals surface area (Å²) in [6.07, 6.45) is 6.52. The van der Waals surface area contributed by atoms with E-state index in [4.69, 9.17) is 0 Å². The van der Waals surface area contributed by atoms with Gasteiger partial charge in [-0.15, -0.1) is 0 Å². The molecule has 11 rings (SSSR count). The molecule has 0 N–H and O–H groups in total. The van der Waals surface area contributed by atoms with Crippen molar-refractivity contribution in [1.82, 2.24) is 0 Å². The van der Waals surface area contributed by atoms with Gasteiger partial charge in [-0.2, -0.15) is 0 Å². The molecule has 0 atom stereocenters. The van der Waals surface area contributed by atoms with Crippen LogP contribution in [0.15, 0.2) is 194 Å². The highest BCUT2D eigenvalue weighted by Gasteiger charge is 2.38. The third-order valence-electron chi connectivity index (χ3n) is 13.7. The van der Waals surface area contributed by atoms with E-state index in [0.717, 1.165) is 5.69 Å². The average Bonchev–Trinajstić information content (AvgIpc) is 3.55. The first-order valence-electron chi connectivity index (χ1n) is 21.9. The smallest absolute Gasteiger partial charge is 0.0543 e. The molecule has 1 fully saturated rings. The topological polar surface area (TPSA) is 3.24 Å². The molecule has 60 heavy (non-hydrogen) atoms. The van der Waals surface area contributed by atoms with Crippen molar-refractivity contribution < 1.29 is 0 Å². The lowest BCUT2D eigenvalue weighted by atomic mass is 9.80. The summed E-state index contributed by atoms with van der Waals surface area (Å²) in [5, 5.41) is 5.28. The molecule has 0 amide bonds. The zero-order chi connectivity index (χ0) is 40.2. The summed E-state index contributed by atoms with van der Waals surface area (Å²) in [5.41, 5.74) is 17.8. The van der Waals surface area contributed by atoms with Gasteiger partial charge in [0, 0.05) is 22.2 Å². The molecule has 0 unspecified atom stereocenters. The lowest BCUT2D eigenvalue weighted by Crippen LogP contribution is -2.16. The van der Waals surface area contributed by atoms with E-state index in [0.29, 0.717) is 5.92 Å². The number of hydrogen-bond donors (Lipinski definition) is 0. The average molecular weight is 772 g/mol. The van der Waals surface area contributed by atoms with Crippen LogP contribution in [0.2, 0.25) is 0 Å². The predicted molar refractivity (Wildman–Crippen MR) is 256 cm³/mol. The molecule has 0 bridgehead atoms. The summed E-state index contributed by atoms with van der Waals surface area (Å²) >= 11 is 0. The van der Waals surface area contributed by atoms with E-state index in [2.05, 4.69) is 213 Å². The number of hydrogen-bond acceptors (Lipinski definition) is 1. The molecule has 1 heteroatoms. The molecular formula is C59H49N. The van der Waals surface area contributed by atoms with Crippen molar-refractivity contribution in [2.75, 3.05) is 4.90 Å². The van der Waals surface area contributed by atoms with E-state index in [1.165, 1.54) is 126 Å². The number of benzene rings is 9. The summed E-state index contributed by atoms with van der Waals surface area (Å²) in [7, 11) is 0. The van der Waals surface area contributed by atoms with Crippen molar-refractivity contribution in [2.24, 2.45) is 0 Å². The summed E-state index contributed by atoms with van der Waals surface area (Å²) < 4.78 is 0. The molecular weight excluding hydrogens is 723 g/mol. The Morgan fingerprint density at radius 3 is 1.77 bits per heavy atom. The fraction of sp³-hybridized carbons (Fsp3) is 0.153. The predicted octanol–water partition coefficient (Wildman–Crippen LogP) is 16.8. The summed E-state index contributed by atoms with van der Waals surface area (Å²) in [5.74, 6) is 0.594. The minimum absolute atomic E-state index is 0.111. The number of fused-ring (bicyclic) bond motifs is 5. The zero-order valence-electron chi connectivity index (χ0n) is 34.5. The second-order valence-electron chi connectivity index (χ2n) is 17.5. The van der Waals surface area contributed by atoms with E-state index in [-0.39, 0.29) is 5.41 Å². The van der Waals surface area contributed by atoms with Crippen LogP contribution < -0.4 is 4.90 Å². The summed E-state index contributed by atoms with van der Waals surface area (Å²) in [4.78, 5) is 2.54. The van der Waals surface area contributed by atoms with Crippen LogP contribution in [0.4, 0.5) is 17.1 Å². The fourth-order valence-electron chi connectivity index (χ4n) is 10.7. The van der Waals surface area contributed by atoms with E-state index in [1.807, 2.05) is 0 Å². The molecule has 2 aliphatic rings. The lowest BCUT2D eigenvalue weighted by Gasteiger charge is -2.31. The highest BCUT2D eigenvalue weighted by atomic mass is 15.1. The van der Waals surface area contributed by atoms with Gasteiger partial charge in [-0.1, -0.05) is 203 Å². The molecule has 290 valence electrons. The van der Waals surface area contributed by atoms with Gasteiger partial charge in [0.25, 0.3) is 0 Å². The van der Waals surface area contributed by atoms with Gasteiger partial charge in [0.2, 0.25) is 0 Å². The zero-order valence-corrected chi connectivity index (χ0v) is 34.5. The highest BCUT2D eigenvalue weighted by molar-refractivity contribution is 6.05. The Morgan fingerprint density at radius 1 is 0.417 bits per heavy atom. The minimum atomic E-state index is -0.111. The molecule has 1 saturated carbocycles. The van der Waals surface area contributed by atoms with Gasteiger partial charge in [-0.05, 0) is 115 Å². The van der Waals surface area contributed by atoms with Crippen molar-refractivity contribution >= 4 is 38.6 Å². The number of para-hydroxylation sites is 1. The highest BCUT2D eigenvalue weighted by Crippen LogP contribution is 2.55. The molecule has 0 radical (unpaired) electrons. The Bertz CT molecular complexity index is 3020. The maximum atomic E-state index is 2.54. The van der Waals surface area contributed by atoms with Gasteiger partial charge in [-0.25, -0.2) is 0 Å². The first-order chi connectivity index (χ1) is 29.5. The van der Waals surface area contributed by atoms with Crippen LogP contribution in [-0.2, 0) is 5.41 Å². The third-order valence-corrected chi connectivity index (χ3v) is 13.7. The quantitative estimate of drug-likeness (QED) is 0.156. The number of nitrogens with zero attached hydrogens (tertiary/aromatic N) is 1. The fourth-order valence-corrected chi connectivity index (χ4v) is 10.7. The number of anilines is 3. The Kier molecular flexibility index (Phi) is 9.00. The van der Waals surface area contributed by atoms with Crippen LogP contribution in [0.5, 0.6) is 0 Å². The number of rotatable bonds is 7. The molecule has 9 aromatic carbocycles. The molecule has 0 aromatic heterocycles. The van der Waals surface area contributed by atoms with E-state index >= 15 is 0 Å². The van der Waals surface area contributed by atoms with E-state index < -0.39 is 0 Å². The van der Waals surface area contributed by atoms with Crippen LogP contribution in [0.3, 0.4) is 0 Å². The third kappa shape index (κ3) is 6.06. The maximum absolute atomic E-state index is 2.54. The Balaban J connectivity index is 1.07. The first-order valence-corrected chi connectivity index (χ1v) is 21.9. The second kappa shape index (κ2) is 14.8. The SMILES string of the molecule is CC1(C)c2ccccc2-c2c(N(c3ccc(-c4ccc(-c5cccc6ccccc56)cc4)cc3)c3ccccc3-c3cccc4cccc(C5CCCCC5)c34)cccc21. The first kappa shape index (κ1) is 36.4. The van der Waals surface area contributed by atoms with Gasteiger partial charge >= 0.3 is 0 Å². The van der Waals surface area contributed by atoms with Crippen LogP contribution >= 0.6 is 0 Å². The summed E-state index contributed by atoms with van der Waals surface area (Å²) in [6.45, 7) is 4.76. The molecule has 0 spiro atoms. The van der Waals surface area contributed by atoms with Gasteiger partial charge in [0.1, 0.15) is 0 Å². The second-order valence-corrected chi connectivity index (χ2v) is 17.5. The van der Waals surface area contributed by atoms with Crippen molar-refractivity contribution in [3.8, 4) is 44.5 Å². The molecule has 1 nitrogen and oxygen atoms in total.